The minimum absolute atomic E-state index is 0.00685. The number of ketones is 1. The standard InChI is InChI=1S/C17H14ClNO3/c1-22-15-4-2-3-13-16(15)14(20)9-10-19(13)17(21)11-5-7-12(18)8-6-11/h2-8H,9-10H2,1H3. The van der Waals surface area contributed by atoms with Gasteiger partial charge in [-0.2, -0.15) is 0 Å². The predicted octanol–water partition coefficient (Wildman–Crippen LogP) is 3.58. The second kappa shape index (κ2) is 5.81. The molecule has 2 aromatic carbocycles. The number of anilines is 1. The fraction of sp³-hybridized carbons (Fsp3) is 0.176. The lowest BCUT2D eigenvalue weighted by molar-refractivity contribution is 0.0953. The van der Waals surface area contributed by atoms with E-state index in [4.69, 9.17) is 16.3 Å². The Labute approximate surface area is 133 Å². The molecule has 3 rings (SSSR count). The third-order valence-corrected chi connectivity index (χ3v) is 3.94. The van der Waals surface area contributed by atoms with Crippen molar-refractivity contribution in [3.05, 3.63) is 58.6 Å². The van der Waals surface area contributed by atoms with Crippen LogP contribution < -0.4 is 9.64 Å². The SMILES string of the molecule is COc1cccc2c1C(=O)CCN2C(=O)c1ccc(Cl)cc1. The van der Waals surface area contributed by atoms with Gasteiger partial charge < -0.3 is 9.64 Å². The first-order chi connectivity index (χ1) is 10.6. The lowest BCUT2D eigenvalue weighted by Gasteiger charge is -2.29. The summed E-state index contributed by atoms with van der Waals surface area (Å²) in [4.78, 5) is 26.5. The summed E-state index contributed by atoms with van der Waals surface area (Å²) in [6.45, 7) is 0.362. The van der Waals surface area contributed by atoms with E-state index in [2.05, 4.69) is 0 Å². The minimum Gasteiger partial charge on any atom is -0.496 e. The average molecular weight is 316 g/mol. The molecular weight excluding hydrogens is 302 g/mol. The van der Waals surface area contributed by atoms with E-state index in [1.807, 2.05) is 0 Å². The first-order valence-corrected chi connectivity index (χ1v) is 7.27. The van der Waals surface area contributed by atoms with E-state index in [1.54, 1.807) is 47.4 Å². The van der Waals surface area contributed by atoms with Crippen LogP contribution in [-0.4, -0.2) is 25.3 Å². The second-order valence-electron chi connectivity index (χ2n) is 4.99. The Bertz CT molecular complexity index is 740. The Hall–Kier alpha value is -2.33. The lowest BCUT2D eigenvalue weighted by atomic mass is 9.98. The van der Waals surface area contributed by atoms with Crippen LogP contribution in [0.1, 0.15) is 27.1 Å². The van der Waals surface area contributed by atoms with Crippen molar-refractivity contribution in [2.45, 2.75) is 6.42 Å². The molecule has 1 heterocycles. The quantitative estimate of drug-likeness (QED) is 0.851. The normalized spacial score (nSPS) is 13.7. The molecule has 1 amide bonds. The maximum atomic E-state index is 12.7. The van der Waals surface area contributed by atoms with Gasteiger partial charge in [0.25, 0.3) is 5.91 Å². The molecule has 0 bridgehead atoms. The molecule has 0 aliphatic carbocycles. The molecule has 0 saturated heterocycles. The van der Waals surface area contributed by atoms with Crippen LogP contribution in [0.15, 0.2) is 42.5 Å². The van der Waals surface area contributed by atoms with Gasteiger partial charge in [-0.05, 0) is 36.4 Å². The van der Waals surface area contributed by atoms with Crippen LogP contribution in [0.2, 0.25) is 5.02 Å². The van der Waals surface area contributed by atoms with Crippen LogP contribution in [0.25, 0.3) is 0 Å². The molecule has 4 nitrogen and oxygen atoms in total. The third-order valence-electron chi connectivity index (χ3n) is 3.69. The zero-order valence-corrected chi connectivity index (χ0v) is 12.8. The van der Waals surface area contributed by atoms with E-state index in [0.717, 1.165) is 0 Å². The Balaban J connectivity index is 2.04. The van der Waals surface area contributed by atoms with Crippen molar-refractivity contribution in [3.8, 4) is 5.75 Å². The van der Waals surface area contributed by atoms with E-state index < -0.39 is 0 Å². The molecule has 22 heavy (non-hydrogen) atoms. The van der Waals surface area contributed by atoms with Crippen molar-refractivity contribution in [1.29, 1.82) is 0 Å². The molecule has 0 radical (unpaired) electrons. The summed E-state index contributed by atoms with van der Waals surface area (Å²) in [6, 6.07) is 12.0. The summed E-state index contributed by atoms with van der Waals surface area (Å²) in [7, 11) is 1.52. The Morgan fingerprint density at radius 2 is 1.91 bits per heavy atom. The summed E-state index contributed by atoms with van der Waals surface area (Å²) in [5.41, 5.74) is 1.60. The molecule has 1 aliphatic rings. The van der Waals surface area contributed by atoms with Gasteiger partial charge in [-0.1, -0.05) is 17.7 Å². The number of hydrogen-bond donors (Lipinski definition) is 0. The van der Waals surface area contributed by atoms with E-state index in [9.17, 15) is 9.59 Å². The maximum Gasteiger partial charge on any atom is 0.258 e. The number of carbonyl (C=O) groups is 2. The molecule has 2 aromatic rings. The number of ether oxygens (including phenoxy) is 1. The highest BCUT2D eigenvalue weighted by atomic mass is 35.5. The maximum absolute atomic E-state index is 12.7. The molecule has 0 saturated carbocycles. The monoisotopic (exact) mass is 315 g/mol. The number of nitrogens with zero attached hydrogens (tertiary/aromatic N) is 1. The van der Waals surface area contributed by atoms with Gasteiger partial charge >= 0.3 is 0 Å². The molecule has 0 fully saturated rings. The molecule has 5 heteroatoms. The minimum atomic E-state index is -0.154. The summed E-state index contributed by atoms with van der Waals surface area (Å²) in [5, 5.41) is 0.576. The van der Waals surface area contributed by atoms with Crippen LogP contribution >= 0.6 is 11.6 Å². The average Bonchev–Trinajstić information content (AvgIpc) is 2.55. The van der Waals surface area contributed by atoms with E-state index >= 15 is 0 Å². The van der Waals surface area contributed by atoms with Crippen molar-refractivity contribution in [2.24, 2.45) is 0 Å². The highest BCUT2D eigenvalue weighted by Crippen LogP contribution is 2.34. The molecular formula is C17H14ClNO3. The zero-order chi connectivity index (χ0) is 15.7. The topological polar surface area (TPSA) is 46.6 Å². The van der Waals surface area contributed by atoms with Gasteiger partial charge in [0.2, 0.25) is 0 Å². The number of Topliss-reactive ketones (excluding diaryl/α,β-unsaturated/α-hetero) is 1. The highest BCUT2D eigenvalue weighted by molar-refractivity contribution is 6.30. The van der Waals surface area contributed by atoms with Crippen molar-refractivity contribution in [1.82, 2.24) is 0 Å². The number of amides is 1. The number of benzene rings is 2. The first-order valence-electron chi connectivity index (χ1n) is 6.89. The number of methoxy groups -OCH3 is 1. The van der Waals surface area contributed by atoms with Gasteiger partial charge in [0.05, 0.1) is 18.4 Å². The van der Waals surface area contributed by atoms with Crippen molar-refractivity contribution < 1.29 is 14.3 Å². The van der Waals surface area contributed by atoms with Gasteiger partial charge in [0.1, 0.15) is 5.75 Å². The number of carbonyl (C=O) groups excluding carboxylic acids is 2. The molecule has 0 spiro atoms. The number of halogens is 1. The Morgan fingerprint density at radius 1 is 1.18 bits per heavy atom. The largest absolute Gasteiger partial charge is 0.496 e. The van der Waals surface area contributed by atoms with Crippen molar-refractivity contribution >= 4 is 29.0 Å². The van der Waals surface area contributed by atoms with Crippen molar-refractivity contribution in [2.75, 3.05) is 18.6 Å². The van der Waals surface area contributed by atoms with Crippen LogP contribution in [0.3, 0.4) is 0 Å². The molecule has 112 valence electrons. The van der Waals surface area contributed by atoms with E-state index in [-0.39, 0.29) is 18.1 Å². The molecule has 0 N–H and O–H groups in total. The fourth-order valence-corrected chi connectivity index (χ4v) is 2.74. The van der Waals surface area contributed by atoms with Crippen LogP contribution in [0.5, 0.6) is 5.75 Å². The van der Waals surface area contributed by atoms with Gasteiger partial charge in [-0.25, -0.2) is 0 Å². The van der Waals surface area contributed by atoms with E-state index in [1.165, 1.54) is 7.11 Å². The van der Waals surface area contributed by atoms with E-state index in [0.29, 0.717) is 34.1 Å². The molecule has 1 aliphatic heterocycles. The highest BCUT2D eigenvalue weighted by Gasteiger charge is 2.30. The smallest absolute Gasteiger partial charge is 0.258 e. The first kappa shape index (κ1) is 14.6. The second-order valence-corrected chi connectivity index (χ2v) is 5.43. The molecule has 0 aromatic heterocycles. The van der Waals surface area contributed by atoms with Gasteiger partial charge in [0.15, 0.2) is 5.78 Å². The van der Waals surface area contributed by atoms with Crippen LogP contribution in [-0.2, 0) is 0 Å². The third kappa shape index (κ3) is 2.46. The Kier molecular flexibility index (Phi) is 3.86. The summed E-state index contributed by atoms with van der Waals surface area (Å²) in [6.07, 6.45) is 0.284. The molecule has 0 atom stereocenters. The van der Waals surface area contributed by atoms with Crippen LogP contribution in [0, 0.1) is 0 Å². The predicted molar refractivity (Wildman–Crippen MR) is 85.1 cm³/mol. The number of rotatable bonds is 2. The van der Waals surface area contributed by atoms with Gasteiger partial charge in [0, 0.05) is 23.6 Å². The van der Waals surface area contributed by atoms with Gasteiger partial charge in [-0.3, -0.25) is 9.59 Å². The lowest BCUT2D eigenvalue weighted by Crippen LogP contribution is -2.37. The number of fused-ring (bicyclic) bond motifs is 1. The van der Waals surface area contributed by atoms with Gasteiger partial charge in [-0.15, -0.1) is 0 Å². The summed E-state index contributed by atoms with van der Waals surface area (Å²) in [5.74, 6) is 0.336. The van der Waals surface area contributed by atoms with Crippen molar-refractivity contribution in [3.63, 3.8) is 0 Å². The summed E-state index contributed by atoms with van der Waals surface area (Å²) >= 11 is 5.86. The Morgan fingerprint density at radius 3 is 2.59 bits per heavy atom. The zero-order valence-electron chi connectivity index (χ0n) is 12.0. The number of hydrogen-bond acceptors (Lipinski definition) is 3. The fourth-order valence-electron chi connectivity index (χ4n) is 2.61. The molecule has 0 unspecified atom stereocenters. The van der Waals surface area contributed by atoms with Crippen LogP contribution in [0.4, 0.5) is 5.69 Å². The summed E-state index contributed by atoms with van der Waals surface area (Å²) < 4.78 is 5.26.